The second-order valence-electron chi connectivity index (χ2n) is 4.33. The van der Waals surface area contributed by atoms with E-state index in [1.807, 2.05) is 0 Å². The summed E-state index contributed by atoms with van der Waals surface area (Å²) in [5.41, 5.74) is 5.75. The van der Waals surface area contributed by atoms with Gasteiger partial charge in [-0.25, -0.2) is 4.79 Å². The van der Waals surface area contributed by atoms with Gasteiger partial charge in [0.2, 0.25) is 0 Å². The van der Waals surface area contributed by atoms with Gasteiger partial charge in [0.05, 0.1) is 0 Å². The van der Waals surface area contributed by atoms with Gasteiger partial charge in [-0.2, -0.15) is 0 Å². The number of hydrogen-bond donors (Lipinski definition) is 1. The molecular formula is C17H16O2. The van der Waals surface area contributed by atoms with Gasteiger partial charge in [0.1, 0.15) is 0 Å². The summed E-state index contributed by atoms with van der Waals surface area (Å²) in [6.07, 6.45) is 3.66. The Bertz CT molecular complexity index is 569. The van der Waals surface area contributed by atoms with Crippen molar-refractivity contribution in [2.75, 3.05) is 0 Å². The Morgan fingerprint density at radius 3 is 1.84 bits per heavy atom. The Morgan fingerprint density at radius 2 is 1.47 bits per heavy atom. The number of carbonyl (C=O) groups is 1. The normalized spacial score (nSPS) is 11.4. The third kappa shape index (κ3) is 3.10. The first-order valence-corrected chi connectivity index (χ1v) is 6.24. The molecule has 0 aromatic heterocycles. The maximum atomic E-state index is 9.51. The van der Waals surface area contributed by atoms with Gasteiger partial charge < -0.3 is 5.11 Å². The highest BCUT2D eigenvalue weighted by molar-refractivity contribution is 5.79. The van der Waals surface area contributed by atoms with Gasteiger partial charge in [0.15, 0.2) is 0 Å². The number of rotatable bonds is 1. The van der Waals surface area contributed by atoms with E-state index in [0.29, 0.717) is 0 Å². The highest BCUT2D eigenvalue weighted by Gasteiger charge is 2.15. The van der Waals surface area contributed by atoms with Crippen LogP contribution in [0.25, 0.3) is 11.1 Å². The Balaban J connectivity index is 0.000000192. The molecule has 0 bridgehead atoms. The summed E-state index contributed by atoms with van der Waals surface area (Å²) < 4.78 is 0. The van der Waals surface area contributed by atoms with Crippen LogP contribution in [0.4, 0.5) is 0 Å². The van der Waals surface area contributed by atoms with Crippen LogP contribution in [0.1, 0.15) is 18.1 Å². The minimum Gasteiger partial charge on any atom is -0.478 e. The highest BCUT2D eigenvalue weighted by atomic mass is 16.4. The molecule has 1 aliphatic rings. The largest absolute Gasteiger partial charge is 0.478 e. The molecule has 0 aliphatic heterocycles. The number of hydrogen-bond acceptors (Lipinski definition) is 1. The molecule has 0 heterocycles. The topological polar surface area (TPSA) is 37.3 Å². The molecule has 0 amide bonds. The van der Waals surface area contributed by atoms with Crippen molar-refractivity contribution in [2.24, 2.45) is 0 Å². The van der Waals surface area contributed by atoms with Crippen molar-refractivity contribution < 1.29 is 9.90 Å². The van der Waals surface area contributed by atoms with Crippen molar-refractivity contribution in [1.29, 1.82) is 0 Å². The zero-order chi connectivity index (χ0) is 13.7. The van der Waals surface area contributed by atoms with E-state index in [2.05, 4.69) is 48.5 Å². The minimum atomic E-state index is -0.891. The van der Waals surface area contributed by atoms with Gasteiger partial charge in [0, 0.05) is 6.08 Å². The van der Waals surface area contributed by atoms with Crippen LogP contribution in [-0.4, -0.2) is 11.1 Å². The number of benzene rings is 2. The van der Waals surface area contributed by atoms with E-state index in [9.17, 15) is 4.79 Å². The van der Waals surface area contributed by atoms with E-state index in [-0.39, 0.29) is 0 Å². The van der Waals surface area contributed by atoms with Crippen LogP contribution in [0.15, 0.2) is 60.7 Å². The molecule has 0 unspecified atom stereocenters. The van der Waals surface area contributed by atoms with Crippen LogP contribution in [-0.2, 0) is 11.2 Å². The van der Waals surface area contributed by atoms with Gasteiger partial charge in [-0.15, -0.1) is 0 Å². The molecular weight excluding hydrogens is 236 g/mol. The highest BCUT2D eigenvalue weighted by Crippen LogP contribution is 2.35. The summed E-state index contributed by atoms with van der Waals surface area (Å²) in [4.78, 5) is 9.51. The SMILES string of the molecule is C/C=C/C(=O)O.c1ccc2c(c1)Cc1ccccc1-2. The van der Waals surface area contributed by atoms with E-state index in [1.54, 1.807) is 6.92 Å². The number of allylic oxidation sites excluding steroid dienone is 1. The zero-order valence-corrected chi connectivity index (χ0v) is 10.8. The van der Waals surface area contributed by atoms with E-state index in [1.165, 1.54) is 28.3 Å². The average Bonchev–Trinajstić information content (AvgIpc) is 2.78. The lowest BCUT2D eigenvalue weighted by molar-refractivity contribution is -0.131. The van der Waals surface area contributed by atoms with Gasteiger partial charge >= 0.3 is 5.97 Å². The van der Waals surface area contributed by atoms with E-state index < -0.39 is 5.97 Å². The second-order valence-corrected chi connectivity index (χ2v) is 4.33. The summed E-state index contributed by atoms with van der Waals surface area (Å²) in [7, 11) is 0. The van der Waals surface area contributed by atoms with E-state index >= 15 is 0 Å². The predicted molar refractivity (Wildman–Crippen MR) is 77.1 cm³/mol. The lowest BCUT2D eigenvalue weighted by Gasteiger charge is -1.98. The Morgan fingerprint density at radius 1 is 1.00 bits per heavy atom. The lowest BCUT2D eigenvalue weighted by atomic mass is 10.1. The van der Waals surface area contributed by atoms with Crippen molar-refractivity contribution in [3.63, 3.8) is 0 Å². The van der Waals surface area contributed by atoms with Gasteiger partial charge in [-0.3, -0.25) is 0 Å². The molecule has 0 radical (unpaired) electrons. The molecule has 2 heteroatoms. The fourth-order valence-corrected chi connectivity index (χ4v) is 2.22. The lowest BCUT2D eigenvalue weighted by Crippen LogP contribution is -1.83. The first kappa shape index (κ1) is 13.1. The molecule has 0 saturated carbocycles. The van der Waals surface area contributed by atoms with Crippen LogP contribution in [0.3, 0.4) is 0 Å². The molecule has 1 aliphatic carbocycles. The van der Waals surface area contributed by atoms with E-state index in [4.69, 9.17) is 5.11 Å². The van der Waals surface area contributed by atoms with Crippen LogP contribution in [0.5, 0.6) is 0 Å². The fraction of sp³-hybridized carbons (Fsp3) is 0.118. The Labute approximate surface area is 113 Å². The first-order valence-electron chi connectivity index (χ1n) is 6.24. The molecule has 0 saturated heterocycles. The third-order valence-electron chi connectivity index (χ3n) is 3.02. The van der Waals surface area contributed by atoms with Crippen molar-refractivity contribution in [3.8, 4) is 11.1 Å². The maximum absolute atomic E-state index is 9.51. The molecule has 2 aromatic carbocycles. The van der Waals surface area contributed by atoms with Crippen LogP contribution in [0.2, 0.25) is 0 Å². The quantitative estimate of drug-likeness (QED) is 0.667. The first-order chi connectivity index (χ1) is 9.22. The monoisotopic (exact) mass is 252 g/mol. The number of carboxylic acid groups (broad SMARTS) is 1. The molecule has 2 aromatic rings. The second kappa shape index (κ2) is 6.01. The number of carboxylic acids is 1. The minimum absolute atomic E-state index is 0.891. The fourth-order valence-electron chi connectivity index (χ4n) is 2.22. The van der Waals surface area contributed by atoms with Gasteiger partial charge in [0.25, 0.3) is 0 Å². The van der Waals surface area contributed by atoms with Gasteiger partial charge in [-0.1, -0.05) is 54.6 Å². The standard InChI is InChI=1S/C13H10.C4H6O2/c1-3-7-12-10(5-1)9-11-6-2-4-8-13(11)12;1-2-3-4(5)6/h1-8H,9H2;2-3H,1H3,(H,5,6)/b;3-2+. The van der Waals surface area contributed by atoms with Crippen LogP contribution < -0.4 is 0 Å². The Hall–Kier alpha value is -2.35. The molecule has 19 heavy (non-hydrogen) atoms. The van der Waals surface area contributed by atoms with E-state index in [0.717, 1.165) is 12.5 Å². The average molecular weight is 252 g/mol. The van der Waals surface area contributed by atoms with Gasteiger partial charge in [-0.05, 0) is 35.6 Å². The van der Waals surface area contributed by atoms with Crippen molar-refractivity contribution in [2.45, 2.75) is 13.3 Å². The summed E-state index contributed by atoms with van der Waals surface area (Å²) in [6, 6.07) is 17.3. The molecule has 0 spiro atoms. The summed E-state index contributed by atoms with van der Waals surface area (Å²) in [6.45, 7) is 1.66. The molecule has 2 nitrogen and oxygen atoms in total. The summed E-state index contributed by atoms with van der Waals surface area (Å²) >= 11 is 0. The Kier molecular flexibility index (Phi) is 4.14. The molecule has 0 fully saturated rings. The molecule has 1 N–H and O–H groups in total. The zero-order valence-electron chi connectivity index (χ0n) is 10.8. The third-order valence-corrected chi connectivity index (χ3v) is 3.02. The molecule has 96 valence electrons. The number of fused-ring (bicyclic) bond motifs is 3. The predicted octanol–water partition coefficient (Wildman–Crippen LogP) is 3.90. The molecule has 0 atom stereocenters. The van der Waals surface area contributed by atoms with Crippen molar-refractivity contribution >= 4 is 5.97 Å². The maximum Gasteiger partial charge on any atom is 0.327 e. The van der Waals surface area contributed by atoms with Crippen LogP contribution >= 0.6 is 0 Å². The molecule has 3 rings (SSSR count). The smallest absolute Gasteiger partial charge is 0.327 e. The summed E-state index contributed by atoms with van der Waals surface area (Å²) in [5.74, 6) is -0.891. The number of aliphatic carboxylic acids is 1. The van der Waals surface area contributed by atoms with Crippen molar-refractivity contribution in [1.82, 2.24) is 0 Å². The van der Waals surface area contributed by atoms with Crippen LogP contribution in [0, 0.1) is 0 Å². The summed E-state index contributed by atoms with van der Waals surface area (Å²) in [5, 5.41) is 7.83. The van der Waals surface area contributed by atoms with Crippen molar-refractivity contribution in [3.05, 3.63) is 71.8 Å².